The van der Waals surface area contributed by atoms with Crippen LogP contribution in [0.2, 0.25) is 0 Å². The molecule has 3 rings (SSSR count). The van der Waals surface area contributed by atoms with E-state index in [-0.39, 0.29) is 17.4 Å². The Hall–Kier alpha value is -3.28. The number of aromatic nitrogens is 2. The Bertz CT molecular complexity index is 929. The molecule has 0 bridgehead atoms. The number of amides is 1. The standard InChI is InChI=1S/C21H21FN4O/c1-15-6-2-3-8-17(15)14-25-21-24-13-11-19(26-21)20(27)23-12-10-16-7-4-5-9-18(16)22/h2-9,11,13H,10,12,14H2,1H3,(H,23,27)(H,24,25,26). The first-order valence-electron chi connectivity index (χ1n) is 8.76. The fourth-order valence-corrected chi connectivity index (χ4v) is 2.66. The number of benzene rings is 2. The minimum atomic E-state index is -0.312. The van der Waals surface area contributed by atoms with Gasteiger partial charge in [-0.05, 0) is 42.2 Å². The predicted octanol–water partition coefficient (Wildman–Crippen LogP) is 3.51. The molecule has 2 aromatic carbocycles. The van der Waals surface area contributed by atoms with Crippen LogP contribution in [0.3, 0.4) is 0 Å². The van der Waals surface area contributed by atoms with Crippen LogP contribution >= 0.6 is 0 Å². The van der Waals surface area contributed by atoms with Crippen LogP contribution in [0, 0.1) is 12.7 Å². The maximum absolute atomic E-state index is 13.6. The zero-order valence-corrected chi connectivity index (χ0v) is 15.1. The quantitative estimate of drug-likeness (QED) is 0.673. The van der Waals surface area contributed by atoms with Crippen molar-refractivity contribution in [2.45, 2.75) is 19.9 Å². The number of hydrogen-bond donors (Lipinski definition) is 2. The molecule has 1 aromatic heterocycles. The lowest BCUT2D eigenvalue weighted by atomic mass is 10.1. The average Bonchev–Trinajstić information content (AvgIpc) is 2.69. The molecule has 0 saturated heterocycles. The third-order valence-corrected chi connectivity index (χ3v) is 4.22. The first-order chi connectivity index (χ1) is 13.1. The monoisotopic (exact) mass is 364 g/mol. The van der Waals surface area contributed by atoms with Crippen molar-refractivity contribution in [1.82, 2.24) is 15.3 Å². The van der Waals surface area contributed by atoms with E-state index < -0.39 is 0 Å². The normalized spacial score (nSPS) is 10.4. The number of carbonyl (C=O) groups is 1. The first-order valence-corrected chi connectivity index (χ1v) is 8.76. The minimum absolute atomic E-state index is 0.267. The fraction of sp³-hybridized carbons (Fsp3) is 0.190. The van der Waals surface area contributed by atoms with E-state index in [1.165, 1.54) is 11.6 Å². The average molecular weight is 364 g/mol. The van der Waals surface area contributed by atoms with E-state index in [1.807, 2.05) is 31.2 Å². The van der Waals surface area contributed by atoms with Gasteiger partial charge in [-0.2, -0.15) is 0 Å². The molecule has 0 spiro atoms. The molecule has 0 fully saturated rings. The van der Waals surface area contributed by atoms with E-state index in [0.29, 0.717) is 31.0 Å². The van der Waals surface area contributed by atoms with E-state index >= 15 is 0 Å². The summed E-state index contributed by atoms with van der Waals surface area (Å²) in [7, 11) is 0. The van der Waals surface area contributed by atoms with Gasteiger partial charge in [-0.15, -0.1) is 0 Å². The Morgan fingerprint density at radius 1 is 1.04 bits per heavy atom. The minimum Gasteiger partial charge on any atom is -0.350 e. The first kappa shape index (κ1) is 18.5. The van der Waals surface area contributed by atoms with Crippen molar-refractivity contribution in [2.24, 2.45) is 0 Å². The number of anilines is 1. The van der Waals surface area contributed by atoms with Crippen LogP contribution in [0.4, 0.5) is 10.3 Å². The molecule has 0 unspecified atom stereocenters. The predicted molar refractivity (Wildman–Crippen MR) is 103 cm³/mol. The highest BCUT2D eigenvalue weighted by Crippen LogP contribution is 2.10. The van der Waals surface area contributed by atoms with Crippen LogP contribution in [0.5, 0.6) is 0 Å². The molecule has 0 aliphatic carbocycles. The lowest BCUT2D eigenvalue weighted by molar-refractivity contribution is 0.0949. The summed E-state index contributed by atoms with van der Waals surface area (Å²) in [4.78, 5) is 20.7. The Morgan fingerprint density at radius 3 is 2.56 bits per heavy atom. The number of nitrogens with one attached hydrogen (secondary N) is 2. The molecule has 0 atom stereocenters. The summed E-state index contributed by atoms with van der Waals surface area (Å²) in [5.41, 5.74) is 3.15. The summed E-state index contributed by atoms with van der Waals surface area (Å²) in [6, 6.07) is 16.1. The molecule has 3 aromatic rings. The summed E-state index contributed by atoms with van der Waals surface area (Å²) in [5.74, 6) is -0.191. The number of halogens is 1. The maximum atomic E-state index is 13.6. The summed E-state index contributed by atoms with van der Waals surface area (Å²) < 4.78 is 13.6. The van der Waals surface area contributed by atoms with Crippen LogP contribution < -0.4 is 10.6 Å². The second-order valence-corrected chi connectivity index (χ2v) is 6.14. The van der Waals surface area contributed by atoms with Gasteiger partial charge in [0.15, 0.2) is 0 Å². The van der Waals surface area contributed by atoms with Crippen LogP contribution in [-0.2, 0) is 13.0 Å². The molecule has 5 nitrogen and oxygen atoms in total. The molecule has 2 N–H and O–H groups in total. The zero-order chi connectivity index (χ0) is 19.1. The molecule has 0 aliphatic rings. The molecule has 1 amide bonds. The van der Waals surface area contributed by atoms with Gasteiger partial charge in [-0.1, -0.05) is 42.5 Å². The SMILES string of the molecule is Cc1ccccc1CNc1nccc(C(=O)NCCc2ccccc2F)n1. The molecule has 138 valence electrons. The van der Waals surface area contributed by atoms with Crippen LogP contribution in [-0.4, -0.2) is 22.4 Å². The van der Waals surface area contributed by atoms with Crippen molar-refractivity contribution in [1.29, 1.82) is 0 Å². The Kier molecular flexibility index (Phi) is 6.10. The van der Waals surface area contributed by atoms with Gasteiger partial charge in [0.2, 0.25) is 5.95 Å². The van der Waals surface area contributed by atoms with Crippen molar-refractivity contribution < 1.29 is 9.18 Å². The number of hydrogen-bond acceptors (Lipinski definition) is 4. The van der Waals surface area contributed by atoms with Gasteiger partial charge in [0.1, 0.15) is 11.5 Å². The van der Waals surface area contributed by atoms with E-state index in [0.717, 1.165) is 5.56 Å². The highest BCUT2D eigenvalue weighted by Gasteiger charge is 2.09. The molecule has 0 aliphatic heterocycles. The zero-order valence-electron chi connectivity index (χ0n) is 15.1. The number of rotatable bonds is 7. The lowest BCUT2D eigenvalue weighted by Gasteiger charge is -2.09. The number of nitrogens with zero attached hydrogens (tertiary/aromatic N) is 2. The molecule has 1 heterocycles. The summed E-state index contributed by atoms with van der Waals surface area (Å²) in [6.07, 6.45) is 1.96. The van der Waals surface area contributed by atoms with Crippen LogP contribution in [0.25, 0.3) is 0 Å². The fourth-order valence-electron chi connectivity index (χ4n) is 2.66. The molecule has 6 heteroatoms. The van der Waals surface area contributed by atoms with E-state index in [2.05, 4.69) is 20.6 Å². The lowest BCUT2D eigenvalue weighted by Crippen LogP contribution is -2.27. The van der Waals surface area contributed by atoms with E-state index in [1.54, 1.807) is 30.5 Å². The van der Waals surface area contributed by atoms with Gasteiger partial charge < -0.3 is 10.6 Å². The Labute approximate surface area is 157 Å². The second-order valence-electron chi connectivity index (χ2n) is 6.14. The Morgan fingerprint density at radius 2 is 1.78 bits per heavy atom. The topological polar surface area (TPSA) is 66.9 Å². The molecular formula is C21H21FN4O. The van der Waals surface area contributed by atoms with Gasteiger partial charge in [0, 0.05) is 19.3 Å². The number of carbonyl (C=O) groups excluding carboxylic acids is 1. The number of aryl methyl sites for hydroxylation is 1. The van der Waals surface area contributed by atoms with Crippen molar-refractivity contribution >= 4 is 11.9 Å². The summed E-state index contributed by atoms with van der Waals surface area (Å²) in [6.45, 7) is 2.94. The van der Waals surface area contributed by atoms with Gasteiger partial charge >= 0.3 is 0 Å². The Balaban J connectivity index is 1.55. The van der Waals surface area contributed by atoms with E-state index in [9.17, 15) is 9.18 Å². The third kappa shape index (κ3) is 5.10. The van der Waals surface area contributed by atoms with Crippen LogP contribution in [0.15, 0.2) is 60.8 Å². The van der Waals surface area contributed by atoms with Gasteiger partial charge in [0.25, 0.3) is 5.91 Å². The van der Waals surface area contributed by atoms with Crippen molar-refractivity contribution in [3.63, 3.8) is 0 Å². The van der Waals surface area contributed by atoms with Gasteiger partial charge in [-0.3, -0.25) is 4.79 Å². The molecule has 0 saturated carbocycles. The summed E-state index contributed by atoms with van der Waals surface area (Å²) in [5, 5.41) is 5.90. The highest BCUT2D eigenvalue weighted by molar-refractivity contribution is 5.92. The van der Waals surface area contributed by atoms with Crippen LogP contribution in [0.1, 0.15) is 27.2 Å². The summed E-state index contributed by atoms with van der Waals surface area (Å²) >= 11 is 0. The van der Waals surface area contributed by atoms with Crippen molar-refractivity contribution in [2.75, 3.05) is 11.9 Å². The van der Waals surface area contributed by atoms with Crippen molar-refractivity contribution in [3.8, 4) is 0 Å². The highest BCUT2D eigenvalue weighted by atomic mass is 19.1. The smallest absolute Gasteiger partial charge is 0.270 e. The van der Waals surface area contributed by atoms with Crippen molar-refractivity contribution in [3.05, 3.63) is 89.0 Å². The maximum Gasteiger partial charge on any atom is 0.270 e. The third-order valence-electron chi connectivity index (χ3n) is 4.22. The second kappa shape index (κ2) is 8.89. The largest absolute Gasteiger partial charge is 0.350 e. The van der Waals surface area contributed by atoms with Gasteiger partial charge in [-0.25, -0.2) is 14.4 Å². The molecular weight excluding hydrogens is 343 g/mol. The molecule has 0 radical (unpaired) electrons. The van der Waals surface area contributed by atoms with Gasteiger partial charge in [0.05, 0.1) is 0 Å². The van der Waals surface area contributed by atoms with E-state index in [4.69, 9.17) is 0 Å². The molecule has 27 heavy (non-hydrogen) atoms.